The first-order valence-electron chi connectivity index (χ1n) is 4.44. The number of halogens is 1. The Labute approximate surface area is 96.7 Å². The molecule has 0 aliphatic carbocycles. The van der Waals surface area contributed by atoms with Gasteiger partial charge in [0.05, 0.1) is 11.2 Å². The summed E-state index contributed by atoms with van der Waals surface area (Å²) in [6.45, 7) is 2.95. The Morgan fingerprint density at radius 3 is 2.75 bits per heavy atom. The number of nitrogens with zero attached hydrogens (tertiary/aromatic N) is 2. The number of carbonyl (C=O) groups excluding carboxylic acids is 1. The molecule has 0 radical (unpaired) electrons. The number of aliphatic carboxylic acids is 1. The number of hydrogen-bond donors (Lipinski definition) is 2. The summed E-state index contributed by atoms with van der Waals surface area (Å²) in [6.07, 6.45) is 1.30. The Bertz CT molecular complexity index is 436. The van der Waals surface area contributed by atoms with E-state index in [0.717, 1.165) is 0 Å². The lowest BCUT2D eigenvalue weighted by molar-refractivity contribution is -0.138. The van der Waals surface area contributed by atoms with Gasteiger partial charge in [0.1, 0.15) is 17.6 Å². The number of amides is 1. The number of aryl methyl sites for hydroxylation is 1. The Kier molecular flexibility index (Phi) is 3.78. The molecule has 0 aromatic carbocycles. The van der Waals surface area contributed by atoms with Crippen molar-refractivity contribution in [2.75, 3.05) is 0 Å². The van der Waals surface area contributed by atoms with Crippen LogP contribution >= 0.6 is 11.6 Å². The molecule has 0 fully saturated rings. The van der Waals surface area contributed by atoms with Crippen molar-refractivity contribution in [2.24, 2.45) is 0 Å². The number of carbonyl (C=O) groups is 2. The third-order valence-corrected chi connectivity index (χ3v) is 2.07. The van der Waals surface area contributed by atoms with Gasteiger partial charge in [-0.1, -0.05) is 11.6 Å². The van der Waals surface area contributed by atoms with Crippen LogP contribution in [0.15, 0.2) is 6.20 Å². The van der Waals surface area contributed by atoms with Crippen LogP contribution in [-0.2, 0) is 4.79 Å². The van der Waals surface area contributed by atoms with Gasteiger partial charge in [-0.25, -0.2) is 9.97 Å². The molecule has 0 bridgehead atoms. The lowest BCUT2D eigenvalue weighted by Gasteiger charge is -2.09. The van der Waals surface area contributed by atoms with E-state index in [4.69, 9.17) is 16.7 Å². The zero-order valence-corrected chi connectivity index (χ0v) is 9.45. The molecule has 86 valence electrons. The van der Waals surface area contributed by atoms with Gasteiger partial charge in [-0.05, 0) is 13.8 Å². The second-order valence-electron chi connectivity index (χ2n) is 3.15. The summed E-state index contributed by atoms with van der Waals surface area (Å²) in [4.78, 5) is 29.8. The summed E-state index contributed by atoms with van der Waals surface area (Å²) in [5.74, 6) is -1.38. The highest BCUT2D eigenvalue weighted by Crippen LogP contribution is 2.11. The van der Waals surface area contributed by atoms with Crippen LogP contribution in [0.4, 0.5) is 0 Å². The third-order valence-electron chi connectivity index (χ3n) is 1.80. The maximum atomic E-state index is 11.6. The highest BCUT2D eigenvalue weighted by Gasteiger charge is 2.18. The molecule has 1 aromatic rings. The number of hydrogen-bond acceptors (Lipinski definition) is 4. The zero-order valence-electron chi connectivity index (χ0n) is 8.69. The van der Waals surface area contributed by atoms with Crippen LogP contribution in [0.25, 0.3) is 0 Å². The van der Waals surface area contributed by atoms with Gasteiger partial charge in [0, 0.05) is 0 Å². The molecule has 0 saturated heterocycles. The Morgan fingerprint density at radius 1 is 1.56 bits per heavy atom. The van der Waals surface area contributed by atoms with Crippen LogP contribution in [0.3, 0.4) is 0 Å². The van der Waals surface area contributed by atoms with Gasteiger partial charge in [0.2, 0.25) is 0 Å². The van der Waals surface area contributed by atoms with Gasteiger partial charge in [0.25, 0.3) is 5.91 Å². The van der Waals surface area contributed by atoms with Gasteiger partial charge in [-0.2, -0.15) is 0 Å². The molecule has 2 N–H and O–H groups in total. The monoisotopic (exact) mass is 243 g/mol. The number of carboxylic acids is 1. The fourth-order valence-corrected chi connectivity index (χ4v) is 1.12. The topological polar surface area (TPSA) is 92.2 Å². The molecule has 1 rings (SSSR count). The van der Waals surface area contributed by atoms with Crippen LogP contribution < -0.4 is 5.32 Å². The van der Waals surface area contributed by atoms with Crippen molar-refractivity contribution < 1.29 is 14.7 Å². The standard InChI is InChI=1S/C9H10ClN3O3/c1-4(9(15)16)12-8(14)7-6(10)3-11-5(2)13-7/h3-4H,1-2H3,(H,12,14)(H,15,16)/t4-/m1/s1. The first-order chi connectivity index (χ1) is 7.41. The molecular formula is C9H10ClN3O3. The molecule has 0 unspecified atom stereocenters. The van der Waals surface area contributed by atoms with Gasteiger partial charge >= 0.3 is 5.97 Å². The third kappa shape index (κ3) is 2.90. The van der Waals surface area contributed by atoms with E-state index >= 15 is 0 Å². The predicted molar refractivity (Wildman–Crippen MR) is 56.3 cm³/mol. The van der Waals surface area contributed by atoms with Gasteiger partial charge in [-0.3, -0.25) is 9.59 Å². The van der Waals surface area contributed by atoms with Gasteiger partial charge in [-0.15, -0.1) is 0 Å². The normalized spacial score (nSPS) is 11.9. The van der Waals surface area contributed by atoms with Crippen molar-refractivity contribution in [3.63, 3.8) is 0 Å². The number of aromatic nitrogens is 2. The van der Waals surface area contributed by atoms with Crippen LogP contribution in [0, 0.1) is 6.92 Å². The minimum absolute atomic E-state index is 0.0257. The molecule has 0 aliphatic rings. The minimum Gasteiger partial charge on any atom is -0.480 e. The Balaban J connectivity index is 2.88. The summed E-state index contributed by atoms with van der Waals surface area (Å²) >= 11 is 5.72. The molecule has 1 amide bonds. The van der Waals surface area contributed by atoms with E-state index in [1.165, 1.54) is 13.1 Å². The quantitative estimate of drug-likeness (QED) is 0.813. The van der Waals surface area contributed by atoms with Gasteiger partial charge in [0.15, 0.2) is 0 Å². The minimum atomic E-state index is -1.13. The number of nitrogens with one attached hydrogen (secondary N) is 1. The zero-order chi connectivity index (χ0) is 12.3. The van der Waals surface area contributed by atoms with Crippen molar-refractivity contribution in [1.82, 2.24) is 15.3 Å². The largest absolute Gasteiger partial charge is 0.480 e. The van der Waals surface area contributed by atoms with Crippen molar-refractivity contribution >= 4 is 23.5 Å². The van der Waals surface area contributed by atoms with E-state index in [2.05, 4.69) is 15.3 Å². The molecule has 0 aliphatic heterocycles. The maximum Gasteiger partial charge on any atom is 0.325 e. The first-order valence-corrected chi connectivity index (χ1v) is 4.82. The maximum absolute atomic E-state index is 11.6. The predicted octanol–water partition coefficient (Wildman–Crippen LogP) is 0.641. The number of carboxylic acid groups (broad SMARTS) is 1. The first kappa shape index (κ1) is 12.4. The second kappa shape index (κ2) is 4.89. The van der Waals surface area contributed by atoms with E-state index in [1.54, 1.807) is 6.92 Å². The van der Waals surface area contributed by atoms with Crippen LogP contribution in [-0.4, -0.2) is 33.0 Å². The van der Waals surface area contributed by atoms with Crippen LogP contribution in [0.2, 0.25) is 5.02 Å². The molecule has 0 spiro atoms. The highest BCUT2D eigenvalue weighted by molar-refractivity contribution is 6.33. The fraction of sp³-hybridized carbons (Fsp3) is 0.333. The van der Waals surface area contributed by atoms with E-state index in [9.17, 15) is 9.59 Å². The van der Waals surface area contributed by atoms with E-state index in [-0.39, 0.29) is 10.7 Å². The Hall–Kier alpha value is -1.69. The molecule has 0 saturated carbocycles. The molecule has 1 heterocycles. The van der Waals surface area contributed by atoms with Crippen LogP contribution in [0.1, 0.15) is 23.2 Å². The van der Waals surface area contributed by atoms with E-state index < -0.39 is 17.9 Å². The summed E-state index contributed by atoms with van der Waals surface area (Å²) in [5.41, 5.74) is -0.0257. The SMILES string of the molecule is Cc1ncc(Cl)c(C(=O)N[C@H](C)C(=O)O)n1. The lowest BCUT2D eigenvalue weighted by atomic mass is 10.3. The van der Waals surface area contributed by atoms with Crippen molar-refractivity contribution in [3.8, 4) is 0 Å². The summed E-state index contributed by atoms with van der Waals surface area (Å²) in [7, 11) is 0. The highest BCUT2D eigenvalue weighted by atomic mass is 35.5. The molecule has 6 nitrogen and oxygen atoms in total. The molecule has 1 aromatic heterocycles. The second-order valence-corrected chi connectivity index (χ2v) is 3.55. The molecule has 16 heavy (non-hydrogen) atoms. The number of rotatable bonds is 3. The van der Waals surface area contributed by atoms with Crippen molar-refractivity contribution in [3.05, 3.63) is 22.7 Å². The average molecular weight is 244 g/mol. The average Bonchev–Trinajstić information content (AvgIpc) is 2.21. The van der Waals surface area contributed by atoms with Gasteiger partial charge < -0.3 is 10.4 Å². The van der Waals surface area contributed by atoms with Crippen LogP contribution in [0.5, 0.6) is 0 Å². The van der Waals surface area contributed by atoms with Crippen molar-refractivity contribution in [1.29, 1.82) is 0 Å². The van der Waals surface area contributed by atoms with E-state index in [0.29, 0.717) is 5.82 Å². The van der Waals surface area contributed by atoms with E-state index in [1.807, 2.05) is 0 Å². The Morgan fingerprint density at radius 2 is 2.19 bits per heavy atom. The van der Waals surface area contributed by atoms with Crippen molar-refractivity contribution in [2.45, 2.75) is 19.9 Å². The molecule has 1 atom stereocenters. The summed E-state index contributed by atoms with van der Waals surface area (Å²) in [6, 6.07) is -1.00. The molecule has 7 heteroatoms. The molecular weight excluding hydrogens is 234 g/mol. The smallest absolute Gasteiger partial charge is 0.325 e. The summed E-state index contributed by atoms with van der Waals surface area (Å²) in [5, 5.41) is 11.0. The fourth-order valence-electron chi connectivity index (χ4n) is 0.941. The summed E-state index contributed by atoms with van der Waals surface area (Å²) < 4.78 is 0. The lowest BCUT2D eigenvalue weighted by Crippen LogP contribution is -2.38.